The second kappa shape index (κ2) is 8.27. The molecule has 0 fully saturated rings. The lowest BCUT2D eigenvalue weighted by atomic mass is 9.89. The molecule has 5 heteroatoms. The first-order valence-corrected chi connectivity index (χ1v) is 7.67. The number of aliphatic hydroxyl groups excluding tert-OH is 1. The third-order valence-corrected chi connectivity index (χ3v) is 3.98. The van der Waals surface area contributed by atoms with Crippen molar-refractivity contribution in [2.24, 2.45) is 5.41 Å². The van der Waals surface area contributed by atoms with E-state index in [1.165, 1.54) is 23.9 Å². The zero-order valence-electron chi connectivity index (χ0n) is 12.0. The number of aliphatic hydroxyl groups is 1. The number of amides is 1. The molecule has 0 aliphatic rings. The highest BCUT2D eigenvalue weighted by Gasteiger charge is 2.15. The normalized spacial score (nSPS) is 11.4. The van der Waals surface area contributed by atoms with Crippen LogP contribution in [0.2, 0.25) is 0 Å². The van der Waals surface area contributed by atoms with E-state index in [9.17, 15) is 9.18 Å². The molecule has 20 heavy (non-hydrogen) atoms. The van der Waals surface area contributed by atoms with E-state index < -0.39 is 0 Å². The van der Waals surface area contributed by atoms with Gasteiger partial charge >= 0.3 is 0 Å². The van der Waals surface area contributed by atoms with Crippen LogP contribution in [0.5, 0.6) is 0 Å². The highest BCUT2D eigenvalue weighted by Crippen LogP contribution is 2.20. The summed E-state index contributed by atoms with van der Waals surface area (Å²) in [5, 5.41) is 12.0. The number of benzene rings is 1. The summed E-state index contributed by atoms with van der Waals surface area (Å²) < 4.78 is 12.7. The van der Waals surface area contributed by atoms with Crippen molar-refractivity contribution < 1.29 is 14.3 Å². The monoisotopic (exact) mass is 299 g/mol. The average molecular weight is 299 g/mol. The molecule has 0 atom stereocenters. The standard InChI is InChI=1S/C15H22FNO2S/c1-15(2,11-18)8-3-9-17-14(19)10-20-13-6-4-12(16)5-7-13/h4-7,18H,3,8-11H2,1-2H3,(H,17,19). The number of hydrogen-bond donors (Lipinski definition) is 2. The van der Waals surface area contributed by atoms with E-state index in [-0.39, 0.29) is 23.7 Å². The molecule has 3 nitrogen and oxygen atoms in total. The third kappa shape index (κ3) is 6.91. The molecule has 1 rings (SSSR count). The Balaban J connectivity index is 2.16. The predicted molar refractivity (Wildman–Crippen MR) is 80.2 cm³/mol. The van der Waals surface area contributed by atoms with Crippen LogP contribution in [0.1, 0.15) is 26.7 Å². The summed E-state index contributed by atoms with van der Waals surface area (Å²) in [7, 11) is 0. The van der Waals surface area contributed by atoms with Crippen LogP contribution in [0, 0.1) is 11.2 Å². The second-order valence-electron chi connectivity index (χ2n) is 5.52. The van der Waals surface area contributed by atoms with E-state index in [1.54, 1.807) is 12.1 Å². The van der Waals surface area contributed by atoms with Crippen LogP contribution >= 0.6 is 11.8 Å². The average Bonchev–Trinajstić information content (AvgIpc) is 2.43. The molecule has 0 saturated heterocycles. The summed E-state index contributed by atoms with van der Waals surface area (Å²) in [6.07, 6.45) is 1.72. The lowest BCUT2D eigenvalue weighted by molar-refractivity contribution is -0.118. The van der Waals surface area contributed by atoms with Gasteiger partial charge in [-0.3, -0.25) is 4.79 Å². The number of hydrogen-bond acceptors (Lipinski definition) is 3. The zero-order chi connectivity index (χ0) is 15.0. The van der Waals surface area contributed by atoms with Crippen LogP contribution < -0.4 is 5.32 Å². The lowest BCUT2D eigenvalue weighted by Crippen LogP contribution is -2.27. The Morgan fingerprint density at radius 2 is 2.00 bits per heavy atom. The molecule has 1 aromatic carbocycles. The van der Waals surface area contributed by atoms with E-state index in [2.05, 4.69) is 5.32 Å². The van der Waals surface area contributed by atoms with Gasteiger partial charge in [0.2, 0.25) is 5.91 Å². The van der Waals surface area contributed by atoms with Gasteiger partial charge in [-0.05, 0) is 42.5 Å². The van der Waals surface area contributed by atoms with Gasteiger partial charge in [-0.25, -0.2) is 4.39 Å². The summed E-state index contributed by atoms with van der Waals surface area (Å²) in [5.41, 5.74) is -0.0897. The van der Waals surface area contributed by atoms with Gasteiger partial charge in [0, 0.05) is 18.0 Å². The van der Waals surface area contributed by atoms with E-state index in [0.717, 1.165) is 17.7 Å². The molecule has 0 heterocycles. The van der Waals surface area contributed by atoms with Crippen LogP contribution in [0.15, 0.2) is 29.2 Å². The Hall–Kier alpha value is -1.07. The largest absolute Gasteiger partial charge is 0.396 e. The minimum Gasteiger partial charge on any atom is -0.396 e. The van der Waals surface area contributed by atoms with Gasteiger partial charge in [0.15, 0.2) is 0 Å². The van der Waals surface area contributed by atoms with Gasteiger partial charge in [-0.15, -0.1) is 11.8 Å². The van der Waals surface area contributed by atoms with Crippen LogP contribution in [-0.2, 0) is 4.79 Å². The minimum absolute atomic E-state index is 0.0267. The van der Waals surface area contributed by atoms with Crippen molar-refractivity contribution in [3.63, 3.8) is 0 Å². The van der Waals surface area contributed by atoms with Crippen molar-refractivity contribution in [2.75, 3.05) is 18.9 Å². The maximum Gasteiger partial charge on any atom is 0.230 e. The van der Waals surface area contributed by atoms with Crippen LogP contribution in [0.25, 0.3) is 0 Å². The van der Waals surface area contributed by atoms with Crippen LogP contribution in [0.4, 0.5) is 4.39 Å². The molecule has 0 spiro atoms. The van der Waals surface area contributed by atoms with Crippen molar-refractivity contribution in [3.05, 3.63) is 30.1 Å². The molecule has 112 valence electrons. The Morgan fingerprint density at radius 1 is 1.35 bits per heavy atom. The fourth-order valence-electron chi connectivity index (χ4n) is 1.60. The third-order valence-electron chi connectivity index (χ3n) is 2.96. The molecule has 0 saturated carbocycles. The molecule has 0 aliphatic heterocycles. The maximum absolute atomic E-state index is 12.7. The fourth-order valence-corrected chi connectivity index (χ4v) is 2.33. The Kier molecular flexibility index (Phi) is 7.02. The molecule has 0 unspecified atom stereocenters. The lowest BCUT2D eigenvalue weighted by Gasteiger charge is -2.21. The molecular weight excluding hydrogens is 277 g/mol. The fraction of sp³-hybridized carbons (Fsp3) is 0.533. The summed E-state index contributed by atoms with van der Waals surface area (Å²) >= 11 is 1.39. The number of carbonyl (C=O) groups is 1. The Labute approximate surface area is 124 Å². The predicted octanol–water partition coefficient (Wildman–Crippen LogP) is 2.83. The SMILES string of the molecule is CC(C)(CO)CCCNC(=O)CSc1ccc(F)cc1. The zero-order valence-corrected chi connectivity index (χ0v) is 12.8. The van der Waals surface area contributed by atoms with Crippen molar-refractivity contribution in [1.29, 1.82) is 0 Å². The first-order valence-electron chi connectivity index (χ1n) is 6.69. The number of halogens is 1. The minimum atomic E-state index is -0.273. The number of rotatable bonds is 8. The van der Waals surface area contributed by atoms with Gasteiger partial charge in [0.25, 0.3) is 0 Å². The van der Waals surface area contributed by atoms with E-state index in [1.807, 2.05) is 13.8 Å². The highest BCUT2D eigenvalue weighted by atomic mass is 32.2. The number of nitrogens with one attached hydrogen (secondary N) is 1. The molecule has 0 aromatic heterocycles. The summed E-state index contributed by atoms with van der Waals surface area (Å²) in [4.78, 5) is 12.5. The molecule has 1 amide bonds. The maximum atomic E-state index is 12.7. The number of thioether (sulfide) groups is 1. The molecule has 0 bridgehead atoms. The van der Waals surface area contributed by atoms with Crippen LogP contribution in [0.3, 0.4) is 0 Å². The van der Waals surface area contributed by atoms with E-state index in [0.29, 0.717) is 12.3 Å². The first kappa shape index (κ1) is 17.0. The number of carbonyl (C=O) groups excluding carboxylic acids is 1. The van der Waals surface area contributed by atoms with Gasteiger partial charge in [-0.1, -0.05) is 13.8 Å². The highest BCUT2D eigenvalue weighted by molar-refractivity contribution is 8.00. The van der Waals surface area contributed by atoms with Crippen LogP contribution in [-0.4, -0.2) is 29.9 Å². The van der Waals surface area contributed by atoms with Gasteiger partial charge in [0.1, 0.15) is 5.82 Å². The summed E-state index contributed by atoms with van der Waals surface area (Å²) in [6, 6.07) is 6.10. The smallest absolute Gasteiger partial charge is 0.230 e. The molecule has 2 N–H and O–H groups in total. The quantitative estimate of drug-likeness (QED) is 0.573. The van der Waals surface area contributed by atoms with Gasteiger partial charge in [0.05, 0.1) is 5.75 Å². The van der Waals surface area contributed by atoms with E-state index >= 15 is 0 Å². The van der Waals surface area contributed by atoms with Crippen molar-refractivity contribution in [3.8, 4) is 0 Å². The summed E-state index contributed by atoms with van der Waals surface area (Å²) in [5.74, 6) is 0.0288. The van der Waals surface area contributed by atoms with Crippen molar-refractivity contribution in [2.45, 2.75) is 31.6 Å². The summed E-state index contributed by atoms with van der Waals surface area (Å²) in [6.45, 7) is 4.77. The second-order valence-corrected chi connectivity index (χ2v) is 6.57. The Bertz CT molecular complexity index is 420. The van der Waals surface area contributed by atoms with Gasteiger partial charge < -0.3 is 10.4 Å². The van der Waals surface area contributed by atoms with E-state index in [4.69, 9.17) is 5.11 Å². The topological polar surface area (TPSA) is 49.3 Å². The Morgan fingerprint density at radius 3 is 2.60 bits per heavy atom. The molecule has 0 radical (unpaired) electrons. The first-order chi connectivity index (χ1) is 9.43. The molecule has 0 aliphatic carbocycles. The van der Waals surface area contributed by atoms with Crippen molar-refractivity contribution in [1.82, 2.24) is 5.32 Å². The van der Waals surface area contributed by atoms with Crippen molar-refractivity contribution >= 4 is 17.7 Å². The van der Waals surface area contributed by atoms with Gasteiger partial charge in [-0.2, -0.15) is 0 Å². The molecule has 1 aromatic rings. The molecular formula is C15H22FNO2S.